The number of aryl methyl sites for hydroxylation is 1. The minimum Gasteiger partial charge on any atom is -0.340 e. The Labute approximate surface area is 862 Å². The molecule has 2 saturated heterocycles. The van der Waals surface area contributed by atoms with Crippen molar-refractivity contribution in [2.24, 2.45) is 51.7 Å². The van der Waals surface area contributed by atoms with Crippen LogP contribution >= 0.6 is 0 Å². The Balaban J connectivity index is 0.000000130. The van der Waals surface area contributed by atoms with Crippen LogP contribution in [0.25, 0.3) is 61.1 Å². The molecule has 10 aromatic heterocycles. The fourth-order valence-corrected chi connectivity index (χ4v) is 20.5. The summed E-state index contributed by atoms with van der Waals surface area (Å²) in [6.07, 6.45) is 15.3. The van der Waals surface area contributed by atoms with Crippen LogP contribution in [0.1, 0.15) is 163 Å². The summed E-state index contributed by atoms with van der Waals surface area (Å²) in [6, 6.07) is 78.9. The van der Waals surface area contributed by atoms with E-state index in [9.17, 15) is 38.4 Å². The average Bonchev–Trinajstić information content (AvgIpc) is 1.62. The lowest BCUT2D eigenvalue weighted by Crippen LogP contribution is -2.45. The molecule has 1 aliphatic carbocycles. The lowest BCUT2D eigenvalue weighted by Gasteiger charge is -2.35. The van der Waals surface area contributed by atoms with E-state index in [1.807, 2.05) is 243 Å². The number of para-hydroxylation sites is 4. The molecule has 6 N–H and O–H groups in total. The molecule has 149 heavy (non-hydrogen) atoms. The molecule has 18 aromatic rings. The first-order valence-electron chi connectivity index (χ1n) is 51.6. The van der Waals surface area contributed by atoms with Crippen molar-refractivity contribution < 1.29 is 0 Å². The summed E-state index contributed by atoms with van der Waals surface area (Å²) < 4.78 is 20.3. The molecule has 3 fully saturated rings. The predicted molar refractivity (Wildman–Crippen MR) is 592 cm³/mol. The minimum absolute atomic E-state index is 0.174. The Morgan fingerprint density at radius 3 is 1.09 bits per heavy atom. The van der Waals surface area contributed by atoms with Crippen molar-refractivity contribution >= 4 is 90.2 Å². The maximum Gasteiger partial charge on any atom is 0.332 e. The Bertz CT molecular complexity index is 8300. The maximum absolute atomic E-state index is 13.6. The number of benzene rings is 8. The minimum atomic E-state index is -0.384. The van der Waals surface area contributed by atoms with Gasteiger partial charge < -0.3 is 31.6 Å². The Morgan fingerprint density at radius 2 is 0.725 bits per heavy atom. The van der Waals surface area contributed by atoms with Crippen molar-refractivity contribution in [2.45, 2.75) is 183 Å². The van der Waals surface area contributed by atoms with Gasteiger partial charge in [-0.05, 0) is 196 Å². The van der Waals surface area contributed by atoms with Crippen molar-refractivity contribution in [2.75, 3.05) is 47.9 Å². The van der Waals surface area contributed by atoms with Crippen LogP contribution in [-0.4, -0.2) is 133 Å². The van der Waals surface area contributed by atoms with E-state index in [2.05, 4.69) is 117 Å². The third-order valence-electron chi connectivity index (χ3n) is 28.2. The number of pyridine rings is 1. The number of imidazole rings is 1. The van der Waals surface area contributed by atoms with Crippen LogP contribution in [0, 0.1) is 24.7 Å². The largest absolute Gasteiger partial charge is 0.340 e. The number of anilines is 8. The molecule has 0 amide bonds. The van der Waals surface area contributed by atoms with Crippen LogP contribution in [0.3, 0.4) is 0 Å². The van der Waals surface area contributed by atoms with Crippen molar-refractivity contribution in [3.8, 4) is 16.9 Å². The van der Waals surface area contributed by atoms with Gasteiger partial charge in [0.2, 0.25) is 0 Å². The van der Waals surface area contributed by atoms with Gasteiger partial charge in [0.15, 0.2) is 22.6 Å². The molecule has 34 heteroatoms. The van der Waals surface area contributed by atoms with Gasteiger partial charge in [-0.25, -0.2) is 42.9 Å². The fraction of sp³-hybridized carbons (Fsp3) is 0.339. The molecule has 21 rings (SSSR count). The lowest BCUT2D eigenvalue weighted by atomic mass is 9.91. The van der Waals surface area contributed by atoms with E-state index in [1.54, 1.807) is 40.2 Å². The summed E-state index contributed by atoms with van der Waals surface area (Å²) >= 11 is 0. The molecule has 4 unspecified atom stereocenters. The van der Waals surface area contributed by atoms with Crippen molar-refractivity contribution in [3.63, 3.8) is 0 Å². The molecule has 0 bridgehead atoms. The Morgan fingerprint density at radius 1 is 0.369 bits per heavy atom. The number of hydrogen-bond donors (Lipinski definition) is 5. The van der Waals surface area contributed by atoms with E-state index in [0.717, 1.165) is 118 Å². The quantitative estimate of drug-likeness (QED) is 0.0304. The van der Waals surface area contributed by atoms with Crippen LogP contribution in [0.4, 0.5) is 46.0 Å². The van der Waals surface area contributed by atoms with Crippen LogP contribution < -0.4 is 72.0 Å². The topological polar surface area (TPSA) is 359 Å². The third-order valence-corrected chi connectivity index (χ3v) is 28.2. The highest BCUT2D eigenvalue weighted by atomic mass is 16.2. The molecule has 34 nitrogen and oxygen atoms in total. The molecule has 0 radical (unpaired) electrons. The van der Waals surface area contributed by atoms with Crippen molar-refractivity contribution in [3.05, 3.63) is 378 Å². The second kappa shape index (κ2) is 45.4. The highest BCUT2D eigenvalue weighted by Crippen LogP contribution is 2.38. The molecular formula is C115H132N26O8. The molecular weight excluding hydrogens is 1870 g/mol. The smallest absolute Gasteiger partial charge is 0.332 e. The number of nitrogens with two attached hydrogens (primary N) is 1. The average molecular weight is 2010 g/mol. The number of aromatic nitrogens is 19. The Kier molecular flexibility index (Phi) is 31.3. The number of rotatable bonds is 28. The van der Waals surface area contributed by atoms with Gasteiger partial charge in [-0.1, -0.05) is 232 Å². The summed E-state index contributed by atoms with van der Waals surface area (Å²) in [5.41, 5.74) is 19.3. The van der Waals surface area contributed by atoms with Gasteiger partial charge in [0.1, 0.15) is 44.8 Å². The van der Waals surface area contributed by atoms with Crippen molar-refractivity contribution in [1.29, 1.82) is 0 Å². The second-order valence-corrected chi connectivity index (χ2v) is 40.5. The summed E-state index contributed by atoms with van der Waals surface area (Å²) in [5, 5.41) is 34.6. The summed E-state index contributed by atoms with van der Waals surface area (Å²) in [5.74, 6) is 2.94. The normalized spacial score (nSPS) is 15.4. The fourth-order valence-electron chi connectivity index (χ4n) is 20.5. The van der Waals surface area contributed by atoms with Gasteiger partial charge in [0.25, 0.3) is 22.2 Å². The molecule has 12 heterocycles. The first-order valence-corrected chi connectivity index (χ1v) is 51.6. The zero-order valence-electron chi connectivity index (χ0n) is 87.0. The maximum atomic E-state index is 13.6. The van der Waals surface area contributed by atoms with Crippen LogP contribution in [-0.2, 0) is 74.0 Å². The zero-order chi connectivity index (χ0) is 105. The van der Waals surface area contributed by atoms with E-state index in [4.69, 9.17) is 26.1 Å². The van der Waals surface area contributed by atoms with Crippen LogP contribution in [0.5, 0.6) is 0 Å². The predicted octanol–water partition coefficient (Wildman–Crippen LogP) is 17.0. The number of nitrogens with one attached hydrogen (secondary N) is 4. The van der Waals surface area contributed by atoms with Crippen molar-refractivity contribution in [1.82, 2.24) is 100.0 Å². The van der Waals surface area contributed by atoms with E-state index in [1.165, 1.54) is 85.1 Å². The molecule has 1 saturated carbocycles. The van der Waals surface area contributed by atoms with E-state index < -0.39 is 0 Å². The summed E-state index contributed by atoms with van der Waals surface area (Å²) in [7, 11) is 8.28. The van der Waals surface area contributed by atoms with E-state index in [0.29, 0.717) is 125 Å². The van der Waals surface area contributed by atoms with Crippen LogP contribution in [0.2, 0.25) is 0 Å². The number of likely N-dealkylation sites (tertiary alicyclic amines) is 2. The lowest BCUT2D eigenvalue weighted by molar-refractivity contribution is 0.157. The Hall–Kier alpha value is -16.2. The molecule has 770 valence electrons. The number of hydrogen-bond acceptors (Lipinski definition) is 21. The second-order valence-electron chi connectivity index (χ2n) is 40.5. The molecule has 0 spiro atoms. The van der Waals surface area contributed by atoms with Gasteiger partial charge >= 0.3 is 22.8 Å². The summed E-state index contributed by atoms with van der Waals surface area (Å²) in [4.78, 5) is 120. The number of fused-ring (bicyclic) bond motifs is 4. The van der Waals surface area contributed by atoms with E-state index >= 15 is 0 Å². The summed E-state index contributed by atoms with van der Waals surface area (Å²) in [6.45, 7) is 23.0. The molecule has 8 aromatic carbocycles. The van der Waals surface area contributed by atoms with Gasteiger partial charge in [0.05, 0.1) is 49.9 Å². The van der Waals surface area contributed by atoms with Gasteiger partial charge in [-0.15, -0.1) is 0 Å². The first kappa shape index (κ1) is 103. The monoisotopic (exact) mass is 2010 g/mol. The van der Waals surface area contributed by atoms with E-state index in [-0.39, 0.29) is 74.8 Å². The SMILES string of the molecule is CC(C)Cn1c(=O)n(C)c(=O)c2c(Nc3ccccc3)n(Cc3ccc(C4CCCN4C)cc3)nc21.CCN1CCCCC1c1ccc(Cn2nc3c(c2Nc2ccccc2)c(=O)n(C)c(=O)n3CC(C)C)cc1.Cc1cn(-c2ccc(Cn3nc4c(c3Nc3ccccc3)c(=O)n(C)c(=O)n4CC(C)C)cc2)cn1.Cn1c(=O)c2c(Nc3ccccc3)n(Cc3ccc(-c4ccccn4)cc3)nc2n(C2CCCCC2N)c1=O. The highest BCUT2D eigenvalue weighted by Gasteiger charge is 2.34. The molecule has 4 atom stereocenters. The standard InChI is InChI=1S/C30H31N7O2.C30H38N6O2.C28H34N6O2.C27H29N7O2/c1-35-29(38)26-27(33-22-9-3-2-4-10-22)36(19-20-14-16-21(17-15-20)24-12-7-8-18-32-24)34-28(26)37(30(35)39)25-13-6-5-11-23(25)31;1-5-34-18-10-9-13-25(34)23-16-14-22(15-17-23)20-36-27(31-24-11-7-6-8-12-24)26-28(32-36)35(19-21(2)3)30(38)33(4)29(26)37;1-19(2)17-33-26-24(27(35)32(4)28(33)36)25(29-22-9-6-5-7-10-22)34(30-26)18-20-12-14-21(15-13-20)23-11-8-16-31(23)3;1-18(2)14-33-25-23(26(35)31(4)27(33)36)24(29-21-8-6-5-7-9-21)34(30-25)16-20-10-12-22(13-11-20)32-15-19(3)28-17-32/h2-4,7-10,12,14-18,23,25,33H,5-6,11,13,19,31H2,1H3;6-8,11-12,14-17,21,25,31H,5,9-10,13,18-20H2,1-4H3;5-7,9-10,12-15,19,23,29H,8,11,16-18H2,1-4H3;5-13,15,17-18,29H,14,16H2,1-4H3. The molecule has 2 aliphatic heterocycles. The zero-order valence-corrected chi connectivity index (χ0v) is 87.0. The molecule has 3 aliphatic rings. The number of piperidine rings is 1. The van der Waals surface area contributed by atoms with Gasteiger partial charge in [0, 0.05) is 112 Å². The van der Waals surface area contributed by atoms with Crippen LogP contribution in [0.15, 0.2) is 294 Å². The first-order chi connectivity index (χ1) is 72.0. The number of nitrogens with zero attached hydrogens (tertiary/aromatic N) is 21. The van der Waals surface area contributed by atoms with Gasteiger partial charge in [-0.2, -0.15) is 20.4 Å². The highest BCUT2D eigenvalue weighted by molar-refractivity contribution is 5.92. The van der Waals surface area contributed by atoms with Gasteiger partial charge in [-0.3, -0.25) is 70.5 Å². The third kappa shape index (κ3) is 22.4.